The molecule has 220 valence electrons. The largest absolute Gasteiger partial charge is 0.497 e. The summed E-state index contributed by atoms with van der Waals surface area (Å²) >= 11 is 1.33. The minimum atomic E-state index is -0.0852. The van der Waals surface area contributed by atoms with Crippen LogP contribution < -0.4 is 4.74 Å². The number of ether oxygens (including phenoxy) is 1. The summed E-state index contributed by atoms with van der Waals surface area (Å²) in [5, 5.41) is 9.32. The number of furan rings is 1. The summed E-state index contributed by atoms with van der Waals surface area (Å²) in [7, 11) is 1.62. The number of nitrogens with zero attached hydrogens (tertiary/aromatic N) is 5. The lowest BCUT2D eigenvalue weighted by Crippen LogP contribution is -2.55. The van der Waals surface area contributed by atoms with Gasteiger partial charge in [0.25, 0.3) is 5.91 Å². The van der Waals surface area contributed by atoms with Crippen LogP contribution in [0.2, 0.25) is 0 Å². The number of hydrogen-bond donors (Lipinski definition) is 0. The average Bonchev–Trinajstić information content (AvgIpc) is 3.70. The highest BCUT2D eigenvalue weighted by molar-refractivity contribution is 7.99. The van der Waals surface area contributed by atoms with Crippen molar-refractivity contribution in [2.75, 3.05) is 32.5 Å². The molecular formula is C32H37N5O4S. The normalized spacial score (nSPS) is 15.2. The van der Waals surface area contributed by atoms with Crippen LogP contribution in [-0.2, 0) is 11.2 Å². The Kier molecular flexibility index (Phi) is 9.63. The van der Waals surface area contributed by atoms with Crippen molar-refractivity contribution in [3.63, 3.8) is 0 Å². The summed E-state index contributed by atoms with van der Waals surface area (Å²) in [4.78, 5) is 30.3. The summed E-state index contributed by atoms with van der Waals surface area (Å²) in [5.41, 5.74) is 2.79. The molecular weight excluding hydrogens is 550 g/mol. The third-order valence-corrected chi connectivity index (χ3v) is 8.45. The second kappa shape index (κ2) is 13.7. The summed E-state index contributed by atoms with van der Waals surface area (Å²) in [6.07, 6.45) is 6.21. The van der Waals surface area contributed by atoms with Crippen molar-refractivity contribution in [2.45, 2.75) is 50.7 Å². The first-order valence-corrected chi connectivity index (χ1v) is 15.4. The topological polar surface area (TPSA) is 93.7 Å². The highest BCUT2D eigenvalue weighted by Gasteiger charge is 2.30. The molecule has 0 radical (unpaired) electrons. The summed E-state index contributed by atoms with van der Waals surface area (Å²) < 4.78 is 12.8. The standard InChI is InChI=1S/C32H37N5O4S/c1-4-5-6-8-24-10-12-25(13-11-24)31(39)36-19-18-35(21-23(36)2)29(38)22-42-32-34-33-30(28-9-7-20-41-28)37(32)26-14-16-27(40-3)17-15-26/h7,9-17,20,23H,4-6,8,18-19,21-22H2,1-3H3. The molecule has 1 atom stereocenters. The minimum Gasteiger partial charge on any atom is -0.497 e. The fourth-order valence-corrected chi connectivity index (χ4v) is 6.01. The fourth-order valence-electron chi connectivity index (χ4n) is 5.16. The molecule has 1 saturated heterocycles. The first-order chi connectivity index (χ1) is 20.5. The van der Waals surface area contributed by atoms with Crippen LogP contribution in [0.25, 0.3) is 17.3 Å². The lowest BCUT2D eigenvalue weighted by Gasteiger charge is -2.40. The van der Waals surface area contributed by atoms with Crippen LogP contribution in [0.5, 0.6) is 5.75 Å². The molecule has 0 bridgehead atoms. The Morgan fingerprint density at radius 1 is 1.02 bits per heavy atom. The first kappa shape index (κ1) is 29.4. The van der Waals surface area contributed by atoms with E-state index in [9.17, 15) is 9.59 Å². The molecule has 0 aliphatic carbocycles. The Hall–Kier alpha value is -4.05. The second-order valence-corrected chi connectivity index (χ2v) is 11.4. The van der Waals surface area contributed by atoms with Crippen LogP contribution in [0, 0.1) is 0 Å². The smallest absolute Gasteiger partial charge is 0.254 e. The van der Waals surface area contributed by atoms with E-state index in [1.165, 1.54) is 36.6 Å². The molecule has 0 saturated carbocycles. The van der Waals surface area contributed by atoms with Gasteiger partial charge in [-0.2, -0.15) is 0 Å². The molecule has 2 aromatic carbocycles. The zero-order chi connectivity index (χ0) is 29.5. The number of rotatable bonds is 11. The van der Waals surface area contributed by atoms with Gasteiger partial charge in [0.2, 0.25) is 11.7 Å². The summed E-state index contributed by atoms with van der Waals surface area (Å²) in [5.74, 6) is 2.09. The van der Waals surface area contributed by atoms with Crippen molar-refractivity contribution >= 4 is 23.6 Å². The number of hydrogen-bond acceptors (Lipinski definition) is 7. The Balaban J connectivity index is 1.21. The van der Waals surface area contributed by atoms with E-state index in [1.54, 1.807) is 19.4 Å². The molecule has 0 N–H and O–H groups in total. The Labute approximate surface area is 250 Å². The van der Waals surface area contributed by atoms with Crippen LogP contribution in [-0.4, -0.2) is 74.9 Å². The van der Waals surface area contributed by atoms with E-state index in [-0.39, 0.29) is 23.6 Å². The number of carbonyl (C=O) groups is 2. The summed E-state index contributed by atoms with van der Waals surface area (Å²) in [6.45, 7) is 5.68. The number of benzene rings is 2. The van der Waals surface area contributed by atoms with Crippen LogP contribution in [0.1, 0.15) is 49.0 Å². The van der Waals surface area contributed by atoms with E-state index in [4.69, 9.17) is 9.15 Å². The number of aryl methyl sites for hydroxylation is 1. The van der Waals surface area contributed by atoms with Gasteiger partial charge in [-0.25, -0.2) is 0 Å². The van der Waals surface area contributed by atoms with E-state index in [0.29, 0.717) is 41.9 Å². The van der Waals surface area contributed by atoms with Crippen molar-refractivity contribution in [1.29, 1.82) is 0 Å². The van der Waals surface area contributed by atoms with Crippen molar-refractivity contribution in [3.05, 3.63) is 78.1 Å². The van der Waals surface area contributed by atoms with Gasteiger partial charge in [-0.1, -0.05) is 43.7 Å². The van der Waals surface area contributed by atoms with Gasteiger partial charge in [0.05, 0.1) is 24.8 Å². The molecule has 42 heavy (non-hydrogen) atoms. The average molecular weight is 588 g/mol. The van der Waals surface area contributed by atoms with E-state index in [1.807, 2.05) is 63.8 Å². The van der Waals surface area contributed by atoms with Gasteiger partial charge in [-0.15, -0.1) is 10.2 Å². The molecule has 3 heterocycles. The second-order valence-electron chi connectivity index (χ2n) is 10.4. The quantitative estimate of drug-likeness (QED) is 0.163. The van der Waals surface area contributed by atoms with Gasteiger partial charge in [0, 0.05) is 31.2 Å². The third kappa shape index (κ3) is 6.70. The highest BCUT2D eigenvalue weighted by atomic mass is 32.2. The van der Waals surface area contributed by atoms with Gasteiger partial charge in [0.1, 0.15) is 5.75 Å². The van der Waals surface area contributed by atoms with E-state index in [0.717, 1.165) is 17.9 Å². The predicted octanol–water partition coefficient (Wildman–Crippen LogP) is 5.73. The molecule has 1 aliphatic rings. The number of methoxy groups -OCH3 is 1. The van der Waals surface area contributed by atoms with Crippen LogP contribution >= 0.6 is 11.8 Å². The number of thioether (sulfide) groups is 1. The van der Waals surface area contributed by atoms with Crippen LogP contribution in [0.3, 0.4) is 0 Å². The van der Waals surface area contributed by atoms with Crippen LogP contribution in [0.15, 0.2) is 76.5 Å². The predicted molar refractivity (Wildman–Crippen MR) is 163 cm³/mol. The maximum absolute atomic E-state index is 13.3. The molecule has 1 unspecified atom stereocenters. The van der Waals surface area contributed by atoms with E-state index >= 15 is 0 Å². The molecule has 0 spiro atoms. The van der Waals surface area contributed by atoms with Gasteiger partial charge in [-0.3, -0.25) is 14.2 Å². The van der Waals surface area contributed by atoms with Gasteiger partial charge in [0.15, 0.2) is 10.9 Å². The SMILES string of the molecule is CCCCCc1ccc(C(=O)N2CCN(C(=O)CSc3nnc(-c4ccco4)n3-c3ccc(OC)cc3)CC2C)cc1. The van der Waals surface area contributed by atoms with Crippen molar-refractivity contribution < 1.29 is 18.7 Å². The minimum absolute atomic E-state index is 0.000731. The zero-order valence-corrected chi connectivity index (χ0v) is 25.2. The first-order valence-electron chi connectivity index (χ1n) is 14.4. The Bertz CT molecular complexity index is 1470. The number of carbonyl (C=O) groups excluding carboxylic acids is 2. The van der Waals surface area contributed by atoms with Crippen molar-refractivity contribution in [1.82, 2.24) is 24.6 Å². The van der Waals surface area contributed by atoms with Gasteiger partial charge in [-0.05, 0) is 73.9 Å². The van der Waals surface area contributed by atoms with E-state index in [2.05, 4.69) is 29.3 Å². The van der Waals surface area contributed by atoms with Crippen molar-refractivity contribution in [3.8, 4) is 23.0 Å². The Morgan fingerprint density at radius 3 is 2.48 bits per heavy atom. The molecule has 10 heteroatoms. The molecule has 5 rings (SSSR count). The number of aromatic nitrogens is 3. The summed E-state index contributed by atoms with van der Waals surface area (Å²) in [6, 6.07) is 19.1. The third-order valence-electron chi connectivity index (χ3n) is 7.54. The molecule has 4 aromatic rings. The molecule has 9 nitrogen and oxygen atoms in total. The van der Waals surface area contributed by atoms with Crippen LogP contribution in [0.4, 0.5) is 0 Å². The lowest BCUT2D eigenvalue weighted by atomic mass is 10.0. The number of unbranched alkanes of at least 4 members (excludes halogenated alkanes) is 2. The highest BCUT2D eigenvalue weighted by Crippen LogP contribution is 2.29. The lowest BCUT2D eigenvalue weighted by molar-refractivity contribution is -0.130. The molecule has 2 amide bonds. The van der Waals surface area contributed by atoms with E-state index < -0.39 is 0 Å². The maximum atomic E-state index is 13.3. The number of amides is 2. The monoisotopic (exact) mass is 587 g/mol. The maximum Gasteiger partial charge on any atom is 0.254 e. The van der Waals surface area contributed by atoms with Crippen molar-refractivity contribution in [2.24, 2.45) is 0 Å². The Morgan fingerprint density at radius 2 is 1.81 bits per heavy atom. The van der Waals surface area contributed by atoms with Gasteiger partial charge < -0.3 is 19.0 Å². The molecule has 2 aromatic heterocycles. The molecule has 1 aliphatic heterocycles. The number of piperazine rings is 1. The van der Waals surface area contributed by atoms with Gasteiger partial charge >= 0.3 is 0 Å². The zero-order valence-electron chi connectivity index (χ0n) is 24.4. The molecule has 1 fully saturated rings. The fraction of sp³-hybridized carbons (Fsp3) is 0.375.